The Kier molecular flexibility index (Phi) is 9.63. The second-order valence-electron chi connectivity index (χ2n) is 3.26. The molecule has 0 radical (unpaired) electrons. The second kappa shape index (κ2) is 10.4. The van der Waals surface area contributed by atoms with Gasteiger partial charge in [0.15, 0.2) is 0 Å². The highest BCUT2D eigenvalue weighted by molar-refractivity contribution is 5.49. The molecule has 0 bridgehead atoms. The van der Waals surface area contributed by atoms with Crippen LogP contribution in [-0.2, 0) is 4.79 Å². The van der Waals surface area contributed by atoms with Crippen molar-refractivity contribution in [1.82, 2.24) is 5.32 Å². The number of rotatable bonds is 6. The van der Waals surface area contributed by atoms with Gasteiger partial charge in [0.1, 0.15) is 6.29 Å². The molecule has 0 amide bonds. The highest BCUT2D eigenvalue weighted by Gasteiger charge is 2.08. The van der Waals surface area contributed by atoms with Gasteiger partial charge >= 0.3 is 0 Å². The molecule has 0 fully saturated rings. The van der Waals surface area contributed by atoms with Gasteiger partial charge in [0.2, 0.25) is 0 Å². The third-order valence-corrected chi connectivity index (χ3v) is 2.23. The standard InChI is InChI=1S/C12H17NO.C2H6/c1-2-13-12(9-6-10-14)11-7-4-3-5-8-11;1-2/h3-5,7-8,10,12-13H,2,6,9H2,1H3;1-2H3. The van der Waals surface area contributed by atoms with Gasteiger partial charge in [-0.25, -0.2) is 0 Å². The molecule has 0 spiro atoms. The van der Waals surface area contributed by atoms with Crippen molar-refractivity contribution in [2.24, 2.45) is 0 Å². The molecule has 1 N–H and O–H groups in total. The monoisotopic (exact) mass is 221 g/mol. The summed E-state index contributed by atoms with van der Waals surface area (Å²) in [5.74, 6) is 0. The molecule has 1 rings (SSSR count). The Labute approximate surface area is 99.1 Å². The van der Waals surface area contributed by atoms with Crippen LogP contribution in [0.15, 0.2) is 30.3 Å². The van der Waals surface area contributed by atoms with Crippen LogP contribution in [0.5, 0.6) is 0 Å². The molecule has 0 aliphatic heterocycles. The van der Waals surface area contributed by atoms with Gasteiger partial charge < -0.3 is 10.1 Å². The summed E-state index contributed by atoms with van der Waals surface area (Å²) in [6.07, 6.45) is 2.47. The summed E-state index contributed by atoms with van der Waals surface area (Å²) in [4.78, 5) is 10.3. The van der Waals surface area contributed by atoms with Crippen LogP contribution in [0, 0.1) is 0 Å². The van der Waals surface area contributed by atoms with Crippen LogP contribution in [0.3, 0.4) is 0 Å². The van der Waals surface area contributed by atoms with Crippen LogP contribution in [0.2, 0.25) is 0 Å². The van der Waals surface area contributed by atoms with Crippen molar-refractivity contribution in [3.8, 4) is 0 Å². The molecule has 0 aromatic heterocycles. The van der Waals surface area contributed by atoms with Crippen molar-refractivity contribution < 1.29 is 4.79 Å². The van der Waals surface area contributed by atoms with Crippen LogP contribution in [0.1, 0.15) is 45.2 Å². The van der Waals surface area contributed by atoms with Crippen LogP contribution < -0.4 is 5.32 Å². The van der Waals surface area contributed by atoms with Gasteiger partial charge in [-0.05, 0) is 18.5 Å². The number of hydrogen-bond acceptors (Lipinski definition) is 2. The first-order valence-corrected chi connectivity index (χ1v) is 6.10. The van der Waals surface area contributed by atoms with E-state index in [0.29, 0.717) is 12.5 Å². The van der Waals surface area contributed by atoms with E-state index in [4.69, 9.17) is 0 Å². The molecule has 1 aromatic rings. The van der Waals surface area contributed by atoms with Crippen LogP contribution in [0.4, 0.5) is 0 Å². The van der Waals surface area contributed by atoms with Crippen LogP contribution in [-0.4, -0.2) is 12.8 Å². The minimum Gasteiger partial charge on any atom is -0.310 e. The van der Waals surface area contributed by atoms with Gasteiger partial charge in [-0.2, -0.15) is 0 Å². The molecule has 0 heterocycles. The van der Waals surface area contributed by atoms with Gasteiger partial charge in [-0.1, -0.05) is 51.1 Å². The van der Waals surface area contributed by atoms with Crippen molar-refractivity contribution >= 4 is 6.29 Å². The first kappa shape index (κ1) is 14.8. The van der Waals surface area contributed by atoms with Crippen molar-refractivity contribution in [3.05, 3.63) is 35.9 Å². The predicted molar refractivity (Wildman–Crippen MR) is 69.5 cm³/mol. The quantitative estimate of drug-likeness (QED) is 0.746. The highest BCUT2D eigenvalue weighted by Crippen LogP contribution is 2.16. The van der Waals surface area contributed by atoms with E-state index in [0.717, 1.165) is 19.3 Å². The average molecular weight is 221 g/mol. The zero-order valence-corrected chi connectivity index (χ0v) is 10.6. The molecule has 0 aliphatic carbocycles. The van der Waals surface area contributed by atoms with Gasteiger partial charge in [0.25, 0.3) is 0 Å². The van der Waals surface area contributed by atoms with E-state index in [9.17, 15) is 4.79 Å². The molecule has 1 aromatic carbocycles. The van der Waals surface area contributed by atoms with Crippen molar-refractivity contribution in [2.75, 3.05) is 6.54 Å². The van der Waals surface area contributed by atoms with Crippen LogP contribution >= 0.6 is 0 Å². The number of carbonyl (C=O) groups is 1. The lowest BCUT2D eigenvalue weighted by atomic mass is 10.0. The topological polar surface area (TPSA) is 29.1 Å². The molecule has 16 heavy (non-hydrogen) atoms. The zero-order chi connectivity index (χ0) is 12.2. The largest absolute Gasteiger partial charge is 0.310 e. The number of nitrogens with one attached hydrogen (secondary N) is 1. The molecular formula is C14H23NO. The van der Waals surface area contributed by atoms with E-state index in [-0.39, 0.29) is 0 Å². The number of carbonyl (C=O) groups excluding carboxylic acids is 1. The molecule has 0 aliphatic rings. The lowest BCUT2D eigenvalue weighted by molar-refractivity contribution is -0.108. The van der Waals surface area contributed by atoms with E-state index in [1.54, 1.807) is 0 Å². The summed E-state index contributed by atoms with van der Waals surface area (Å²) in [5.41, 5.74) is 1.26. The van der Waals surface area contributed by atoms with Gasteiger partial charge in [-0.3, -0.25) is 0 Å². The summed E-state index contributed by atoms with van der Waals surface area (Å²) in [6.45, 7) is 7.01. The summed E-state index contributed by atoms with van der Waals surface area (Å²) in [7, 11) is 0. The van der Waals surface area contributed by atoms with Crippen molar-refractivity contribution in [3.63, 3.8) is 0 Å². The van der Waals surface area contributed by atoms with Gasteiger partial charge in [0.05, 0.1) is 0 Å². The minimum atomic E-state index is 0.311. The van der Waals surface area contributed by atoms with E-state index in [1.807, 2.05) is 32.0 Å². The Hall–Kier alpha value is -1.15. The minimum absolute atomic E-state index is 0.311. The lowest BCUT2D eigenvalue weighted by Gasteiger charge is -2.16. The fraction of sp³-hybridized carbons (Fsp3) is 0.500. The molecule has 1 unspecified atom stereocenters. The first-order chi connectivity index (χ1) is 7.88. The number of benzene rings is 1. The summed E-state index contributed by atoms with van der Waals surface area (Å²) >= 11 is 0. The van der Waals surface area contributed by atoms with Crippen molar-refractivity contribution in [2.45, 2.75) is 39.7 Å². The van der Waals surface area contributed by atoms with Gasteiger partial charge in [-0.15, -0.1) is 0 Å². The maximum absolute atomic E-state index is 10.3. The van der Waals surface area contributed by atoms with E-state index < -0.39 is 0 Å². The molecule has 1 atom stereocenters. The van der Waals surface area contributed by atoms with Crippen molar-refractivity contribution in [1.29, 1.82) is 0 Å². The Morgan fingerprint density at radius 3 is 2.38 bits per heavy atom. The van der Waals surface area contributed by atoms with E-state index >= 15 is 0 Å². The normalized spacial score (nSPS) is 11.2. The fourth-order valence-corrected chi connectivity index (χ4v) is 1.55. The van der Waals surface area contributed by atoms with Crippen LogP contribution in [0.25, 0.3) is 0 Å². The third-order valence-electron chi connectivity index (χ3n) is 2.23. The average Bonchev–Trinajstić information content (AvgIpc) is 2.38. The predicted octanol–water partition coefficient (Wildman–Crippen LogP) is 3.34. The SMILES string of the molecule is CC.CCNC(CCC=O)c1ccccc1. The van der Waals surface area contributed by atoms with E-state index in [2.05, 4.69) is 24.4 Å². The smallest absolute Gasteiger partial charge is 0.120 e. The Balaban J connectivity index is 0.00000106. The third kappa shape index (κ3) is 5.66. The molecule has 0 saturated heterocycles. The molecule has 2 nitrogen and oxygen atoms in total. The Morgan fingerprint density at radius 2 is 1.88 bits per heavy atom. The molecular weight excluding hydrogens is 198 g/mol. The molecule has 2 heteroatoms. The summed E-state index contributed by atoms with van der Waals surface area (Å²) in [6, 6.07) is 10.6. The molecule has 0 saturated carbocycles. The molecule has 90 valence electrons. The van der Waals surface area contributed by atoms with Gasteiger partial charge in [0, 0.05) is 12.5 Å². The number of hydrogen-bond donors (Lipinski definition) is 1. The Bertz CT molecular complexity index is 259. The zero-order valence-electron chi connectivity index (χ0n) is 10.6. The summed E-state index contributed by atoms with van der Waals surface area (Å²) < 4.78 is 0. The second-order valence-corrected chi connectivity index (χ2v) is 3.26. The lowest BCUT2D eigenvalue weighted by Crippen LogP contribution is -2.20. The highest BCUT2D eigenvalue weighted by atomic mass is 16.1. The maximum atomic E-state index is 10.3. The first-order valence-electron chi connectivity index (χ1n) is 6.10. The fourth-order valence-electron chi connectivity index (χ4n) is 1.55. The number of aldehydes is 1. The van der Waals surface area contributed by atoms with E-state index in [1.165, 1.54) is 5.56 Å². The summed E-state index contributed by atoms with van der Waals surface area (Å²) in [5, 5.41) is 3.37. The maximum Gasteiger partial charge on any atom is 0.120 e. The Morgan fingerprint density at radius 1 is 1.25 bits per heavy atom.